The van der Waals surface area contributed by atoms with Gasteiger partial charge < -0.3 is 20.1 Å². The maximum atomic E-state index is 13.1. The summed E-state index contributed by atoms with van der Waals surface area (Å²) in [6, 6.07) is 10.4. The minimum absolute atomic E-state index is 0.0910. The Kier molecular flexibility index (Phi) is 6.72. The highest BCUT2D eigenvalue weighted by Gasteiger charge is 2.35. The summed E-state index contributed by atoms with van der Waals surface area (Å²) in [6.07, 6.45) is -4.50. The number of amides is 2. The third-order valence-corrected chi connectivity index (χ3v) is 5.12. The molecule has 2 aromatic carbocycles. The number of nitrogens with zero attached hydrogens (tertiary/aromatic N) is 1. The van der Waals surface area contributed by atoms with Crippen LogP contribution in [-0.4, -0.2) is 47.1 Å². The number of carbonyl (C=O) groups excluding carboxylic acids is 2. The second-order valence-electron chi connectivity index (χ2n) is 7.37. The molecule has 3 rings (SSSR count). The first-order valence-corrected chi connectivity index (χ1v) is 9.86. The molecule has 9 heteroatoms. The summed E-state index contributed by atoms with van der Waals surface area (Å²) in [5.41, 5.74) is -1.38. The predicted octanol–water partition coefficient (Wildman–Crippen LogP) is 3.60. The molecular weight excluding hydrogens is 413 g/mol. The summed E-state index contributed by atoms with van der Waals surface area (Å²) in [4.78, 5) is 26.6. The van der Waals surface area contributed by atoms with Crippen LogP contribution in [0, 0.1) is 0 Å². The van der Waals surface area contributed by atoms with Crippen molar-refractivity contribution in [1.82, 2.24) is 10.2 Å². The van der Waals surface area contributed by atoms with Crippen LogP contribution in [0.3, 0.4) is 0 Å². The largest absolute Gasteiger partial charge is 0.508 e. The highest BCUT2D eigenvalue weighted by molar-refractivity contribution is 5.96. The van der Waals surface area contributed by atoms with Crippen molar-refractivity contribution >= 4 is 11.8 Å². The summed E-state index contributed by atoms with van der Waals surface area (Å²) in [5.74, 6) is -0.459. The van der Waals surface area contributed by atoms with Crippen molar-refractivity contribution in [2.24, 2.45) is 0 Å². The van der Waals surface area contributed by atoms with E-state index in [2.05, 4.69) is 5.32 Å². The first kappa shape index (κ1) is 22.5. The highest BCUT2D eigenvalue weighted by Crippen LogP contribution is 2.32. The molecule has 1 heterocycles. The van der Waals surface area contributed by atoms with Crippen LogP contribution in [0.2, 0.25) is 0 Å². The summed E-state index contributed by atoms with van der Waals surface area (Å²) in [5, 5.41) is 12.0. The fraction of sp³-hybridized carbons (Fsp3) is 0.364. The molecule has 1 atom stereocenters. The lowest BCUT2D eigenvalue weighted by atomic mass is 10.0. The maximum Gasteiger partial charge on any atom is 0.417 e. The molecule has 2 aromatic rings. The number of carbonyl (C=O) groups is 2. The molecule has 1 aliphatic rings. The number of hydrogen-bond acceptors (Lipinski definition) is 4. The van der Waals surface area contributed by atoms with Crippen LogP contribution in [0.5, 0.6) is 11.5 Å². The van der Waals surface area contributed by atoms with Gasteiger partial charge in [0.2, 0.25) is 0 Å². The normalized spacial score (nSPS) is 15.9. The number of hydrogen-bond donors (Lipinski definition) is 2. The van der Waals surface area contributed by atoms with Crippen molar-refractivity contribution < 1.29 is 32.6 Å². The van der Waals surface area contributed by atoms with E-state index in [9.17, 15) is 27.9 Å². The van der Waals surface area contributed by atoms with Crippen molar-refractivity contribution in [3.8, 4) is 11.5 Å². The number of halogens is 3. The van der Waals surface area contributed by atoms with Gasteiger partial charge in [-0.25, -0.2) is 0 Å². The maximum absolute atomic E-state index is 13.1. The quantitative estimate of drug-likeness (QED) is 0.751. The number of phenolic OH excluding ortho intramolecular Hbond substituents is 1. The Bertz CT molecular complexity index is 923. The van der Waals surface area contributed by atoms with E-state index >= 15 is 0 Å². The minimum atomic E-state index is -4.61. The Morgan fingerprint density at radius 1 is 1.10 bits per heavy atom. The molecule has 2 N–H and O–H groups in total. The molecule has 31 heavy (non-hydrogen) atoms. The fourth-order valence-corrected chi connectivity index (χ4v) is 3.47. The first-order valence-electron chi connectivity index (χ1n) is 9.86. The third kappa shape index (κ3) is 5.68. The second-order valence-corrected chi connectivity index (χ2v) is 7.37. The Labute approximate surface area is 177 Å². The molecule has 6 nitrogen and oxygen atoms in total. The number of aromatic hydroxyl groups is 1. The van der Waals surface area contributed by atoms with Crippen LogP contribution in [0.1, 0.15) is 35.7 Å². The fourth-order valence-electron chi connectivity index (χ4n) is 3.47. The zero-order valence-electron chi connectivity index (χ0n) is 16.9. The minimum Gasteiger partial charge on any atom is -0.508 e. The summed E-state index contributed by atoms with van der Waals surface area (Å²) in [7, 11) is 0. The average molecular weight is 436 g/mol. The van der Waals surface area contributed by atoms with Crippen LogP contribution in [0.4, 0.5) is 13.2 Å². The number of ether oxygens (including phenoxy) is 1. The lowest BCUT2D eigenvalue weighted by molar-refractivity contribution is -0.139. The molecule has 0 spiro atoms. The molecule has 0 aliphatic carbocycles. The second kappa shape index (κ2) is 9.28. The van der Waals surface area contributed by atoms with Crippen LogP contribution in [-0.2, 0) is 11.0 Å². The SMILES string of the molecule is CC(Oc1ccc(O)cc1)C(=O)N1CCC(NC(=O)c2ccccc2C(F)(F)F)CC1. The van der Waals surface area contributed by atoms with Crippen LogP contribution in [0.15, 0.2) is 48.5 Å². The Balaban J connectivity index is 1.53. The molecule has 1 aliphatic heterocycles. The van der Waals surface area contributed by atoms with Gasteiger partial charge in [-0.05, 0) is 56.2 Å². The van der Waals surface area contributed by atoms with Crippen molar-refractivity contribution in [2.75, 3.05) is 13.1 Å². The third-order valence-electron chi connectivity index (χ3n) is 5.12. The lowest BCUT2D eigenvalue weighted by Crippen LogP contribution is -2.49. The van der Waals surface area contributed by atoms with Crippen LogP contribution in [0.25, 0.3) is 0 Å². The Morgan fingerprint density at radius 2 is 1.71 bits per heavy atom. The number of nitrogens with one attached hydrogen (secondary N) is 1. The summed E-state index contributed by atoms with van der Waals surface area (Å²) < 4.78 is 45.0. The lowest BCUT2D eigenvalue weighted by Gasteiger charge is -2.34. The smallest absolute Gasteiger partial charge is 0.417 e. The number of piperidine rings is 1. The predicted molar refractivity (Wildman–Crippen MR) is 107 cm³/mol. The van der Waals surface area contributed by atoms with Gasteiger partial charge in [0.05, 0.1) is 11.1 Å². The van der Waals surface area contributed by atoms with E-state index in [1.807, 2.05) is 0 Å². The van der Waals surface area contributed by atoms with Crippen LogP contribution < -0.4 is 10.1 Å². The zero-order valence-corrected chi connectivity index (χ0v) is 16.9. The van der Waals surface area contributed by atoms with Gasteiger partial charge >= 0.3 is 6.18 Å². The van der Waals surface area contributed by atoms with Gasteiger partial charge in [-0.1, -0.05) is 12.1 Å². The van der Waals surface area contributed by atoms with Gasteiger partial charge in [0, 0.05) is 19.1 Å². The number of benzene rings is 2. The molecule has 2 amide bonds. The molecule has 1 saturated heterocycles. The van der Waals surface area contributed by atoms with E-state index in [1.165, 1.54) is 24.3 Å². The first-order chi connectivity index (χ1) is 14.6. The van der Waals surface area contributed by atoms with Gasteiger partial charge in [0.25, 0.3) is 11.8 Å². The van der Waals surface area contributed by atoms with Crippen molar-refractivity contribution in [3.63, 3.8) is 0 Å². The van der Waals surface area contributed by atoms with Gasteiger partial charge in [0.1, 0.15) is 11.5 Å². The van der Waals surface area contributed by atoms with Gasteiger partial charge in [0.15, 0.2) is 6.10 Å². The van der Waals surface area contributed by atoms with E-state index in [1.54, 1.807) is 24.0 Å². The van der Waals surface area contributed by atoms with Gasteiger partial charge in [-0.2, -0.15) is 13.2 Å². The monoisotopic (exact) mass is 436 g/mol. The van der Waals surface area contributed by atoms with Crippen molar-refractivity contribution in [3.05, 3.63) is 59.7 Å². The molecule has 0 aromatic heterocycles. The van der Waals surface area contributed by atoms with E-state index in [0.717, 1.165) is 12.1 Å². The van der Waals surface area contributed by atoms with Gasteiger partial charge in [-0.3, -0.25) is 9.59 Å². The van der Waals surface area contributed by atoms with Crippen LogP contribution >= 0.6 is 0 Å². The number of alkyl halides is 3. The van der Waals surface area contributed by atoms with E-state index in [0.29, 0.717) is 31.7 Å². The Hall–Kier alpha value is -3.23. The Morgan fingerprint density at radius 3 is 2.32 bits per heavy atom. The number of phenols is 1. The summed E-state index contributed by atoms with van der Waals surface area (Å²) in [6.45, 7) is 2.33. The summed E-state index contributed by atoms with van der Waals surface area (Å²) >= 11 is 0. The molecule has 166 valence electrons. The highest BCUT2D eigenvalue weighted by atomic mass is 19.4. The van der Waals surface area contributed by atoms with E-state index in [-0.39, 0.29) is 17.7 Å². The topological polar surface area (TPSA) is 78.9 Å². The molecule has 0 saturated carbocycles. The number of rotatable bonds is 5. The molecule has 0 bridgehead atoms. The van der Waals surface area contributed by atoms with Gasteiger partial charge in [-0.15, -0.1) is 0 Å². The van der Waals surface area contributed by atoms with Crippen molar-refractivity contribution in [2.45, 2.75) is 38.1 Å². The zero-order chi connectivity index (χ0) is 22.6. The van der Waals surface area contributed by atoms with E-state index in [4.69, 9.17) is 4.74 Å². The molecular formula is C22H23F3N2O4. The number of likely N-dealkylation sites (tertiary alicyclic amines) is 1. The molecule has 1 unspecified atom stereocenters. The van der Waals surface area contributed by atoms with E-state index < -0.39 is 29.3 Å². The van der Waals surface area contributed by atoms with Crippen molar-refractivity contribution in [1.29, 1.82) is 0 Å². The average Bonchev–Trinajstić information content (AvgIpc) is 2.74. The molecule has 0 radical (unpaired) electrons. The molecule has 1 fully saturated rings. The standard InChI is InChI=1S/C22H23F3N2O4/c1-14(31-17-8-6-16(28)7-9-17)21(30)27-12-10-15(11-13-27)26-20(29)18-4-2-3-5-19(18)22(23,24)25/h2-9,14-15,28H,10-13H2,1H3,(H,26,29).